The molecule has 0 aromatic heterocycles. The van der Waals surface area contributed by atoms with Gasteiger partial charge in [-0.25, -0.2) is 8.42 Å². The Morgan fingerprint density at radius 2 is 1.42 bits per heavy atom. The van der Waals surface area contributed by atoms with Crippen LogP contribution in [0.25, 0.3) is 0 Å². The second kappa shape index (κ2) is 8.15. The summed E-state index contributed by atoms with van der Waals surface area (Å²) in [6.45, 7) is 0. The SMILES string of the molecule is CN(C)/C=C(\C(=O)NN(C)C(=S)C1CC1)S(=O)(=O)NN(C)C(=S)C1CC1. The zero-order chi connectivity index (χ0) is 19.6. The molecular formula is C15H25N5O3S3. The van der Waals surface area contributed by atoms with E-state index in [9.17, 15) is 13.2 Å². The van der Waals surface area contributed by atoms with Crippen LogP contribution >= 0.6 is 24.4 Å². The maximum Gasteiger partial charge on any atom is 0.284 e. The van der Waals surface area contributed by atoms with Crippen LogP contribution < -0.4 is 10.3 Å². The fourth-order valence-corrected chi connectivity index (χ4v) is 4.05. The molecular weight excluding hydrogens is 394 g/mol. The standard InChI is InChI=1S/C15H25N5O3S3/c1-18(2)9-12(13(21)16-19(3)14(24)10-5-6-10)26(22,23)17-20(4)15(25)11-7-8-11/h9-11,17H,5-8H2,1-4H3,(H,16,21)/b12-9+. The fourth-order valence-electron chi connectivity index (χ4n) is 2.23. The van der Waals surface area contributed by atoms with Crippen molar-refractivity contribution in [1.82, 2.24) is 25.2 Å². The highest BCUT2D eigenvalue weighted by Crippen LogP contribution is 2.32. The molecule has 8 nitrogen and oxygen atoms in total. The fraction of sp³-hybridized carbons (Fsp3) is 0.667. The van der Waals surface area contributed by atoms with Gasteiger partial charge < -0.3 is 4.90 Å². The topological polar surface area (TPSA) is 85.0 Å². The predicted octanol–water partition coefficient (Wildman–Crippen LogP) is 0.593. The number of thiocarbonyl (C=S) groups is 2. The van der Waals surface area contributed by atoms with E-state index in [0.717, 1.165) is 25.7 Å². The first-order valence-electron chi connectivity index (χ1n) is 8.29. The summed E-state index contributed by atoms with van der Waals surface area (Å²) in [4.78, 5) is 17.2. The molecule has 0 aromatic rings. The number of hydrogen-bond acceptors (Lipinski definition) is 6. The maximum atomic E-state index is 12.7. The molecule has 2 fully saturated rings. The molecule has 1 amide bonds. The van der Waals surface area contributed by atoms with Gasteiger partial charge in [0.05, 0.1) is 9.98 Å². The third-order valence-electron chi connectivity index (χ3n) is 3.93. The highest BCUT2D eigenvalue weighted by molar-refractivity contribution is 7.94. The lowest BCUT2D eigenvalue weighted by atomic mass is 10.4. The van der Waals surface area contributed by atoms with E-state index in [0.29, 0.717) is 9.98 Å². The minimum atomic E-state index is -4.12. The van der Waals surface area contributed by atoms with Crippen molar-refractivity contribution in [2.75, 3.05) is 28.2 Å². The number of amides is 1. The second-order valence-corrected chi connectivity index (χ2v) is 9.30. The molecule has 2 N–H and O–H groups in total. The monoisotopic (exact) mass is 419 g/mol. The van der Waals surface area contributed by atoms with Gasteiger partial charge in [-0.3, -0.25) is 20.2 Å². The number of hydrazine groups is 2. The minimum absolute atomic E-state index is 0.217. The van der Waals surface area contributed by atoms with Gasteiger partial charge in [0.2, 0.25) is 0 Å². The van der Waals surface area contributed by atoms with Crippen molar-refractivity contribution in [2.45, 2.75) is 25.7 Å². The molecule has 0 heterocycles. The molecule has 0 unspecified atom stereocenters. The average Bonchev–Trinajstić information content (AvgIpc) is 3.41. The normalized spacial score (nSPS) is 17.5. The highest BCUT2D eigenvalue weighted by Gasteiger charge is 2.34. The Morgan fingerprint density at radius 3 is 1.85 bits per heavy atom. The second-order valence-electron chi connectivity index (χ2n) is 6.84. The molecule has 2 saturated carbocycles. The summed E-state index contributed by atoms with van der Waals surface area (Å²) in [5.74, 6) is -0.273. The molecule has 2 aliphatic carbocycles. The minimum Gasteiger partial charge on any atom is -0.382 e. The van der Waals surface area contributed by atoms with Crippen LogP contribution in [-0.2, 0) is 14.8 Å². The van der Waals surface area contributed by atoms with Gasteiger partial charge in [-0.05, 0) is 25.7 Å². The van der Waals surface area contributed by atoms with Crippen LogP contribution in [0, 0.1) is 11.8 Å². The number of rotatable bonds is 7. The summed E-state index contributed by atoms with van der Waals surface area (Å²) >= 11 is 10.5. The Morgan fingerprint density at radius 1 is 0.962 bits per heavy atom. The van der Waals surface area contributed by atoms with Gasteiger partial charge in [0.1, 0.15) is 0 Å². The number of hydrogen-bond donors (Lipinski definition) is 2. The van der Waals surface area contributed by atoms with Gasteiger partial charge in [0.15, 0.2) is 4.91 Å². The van der Waals surface area contributed by atoms with E-state index in [1.165, 1.54) is 28.2 Å². The van der Waals surface area contributed by atoms with Crippen LogP contribution in [0.5, 0.6) is 0 Å². The lowest BCUT2D eigenvalue weighted by Gasteiger charge is -2.24. The van der Waals surface area contributed by atoms with Crippen LogP contribution in [0.15, 0.2) is 11.1 Å². The number of sulfonamides is 1. The van der Waals surface area contributed by atoms with Crippen molar-refractivity contribution in [3.8, 4) is 0 Å². The van der Waals surface area contributed by atoms with Gasteiger partial charge in [-0.2, -0.15) is 0 Å². The third kappa shape index (κ3) is 5.60. The zero-order valence-electron chi connectivity index (χ0n) is 15.4. The van der Waals surface area contributed by atoms with E-state index in [1.54, 1.807) is 21.1 Å². The summed E-state index contributed by atoms with van der Waals surface area (Å²) < 4.78 is 25.5. The Kier molecular flexibility index (Phi) is 6.59. The highest BCUT2D eigenvalue weighted by atomic mass is 32.2. The summed E-state index contributed by atoms with van der Waals surface area (Å²) in [6.07, 6.45) is 5.13. The van der Waals surface area contributed by atoms with Crippen molar-refractivity contribution in [1.29, 1.82) is 0 Å². The molecule has 0 atom stereocenters. The van der Waals surface area contributed by atoms with Gasteiger partial charge in [-0.1, -0.05) is 24.4 Å². The molecule has 146 valence electrons. The average molecular weight is 420 g/mol. The zero-order valence-corrected chi connectivity index (χ0v) is 17.8. The molecule has 2 aliphatic rings. The summed E-state index contributed by atoms with van der Waals surface area (Å²) in [7, 11) is 2.31. The van der Waals surface area contributed by atoms with E-state index < -0.39 is 20.8 Å². The first-order chi connectivity index (χ1) is 12.0. The lowest BCUT2D eigenvalue weighted by molar-refractivity contribution is -0.119. The molecule has 0 aromatic carbocycles. The number of nitrogens with one attached hydrogen (secondary N) is 2. The van der Waals surface area contributed by atoms with Crippen LogP contribution in [0.3, 0.4) is 0 Å². The predicted molar refractivity (Wildman–Crippen MR) is 108 cm³/mol. The van der Waals surface area contributed by atoms with Crippen molar-refractivity contribution >= 4 is 50.3 Å². The summed E-state index contributed by atoms with van der Waals surface area (Å²) in [6, 6.07) is 0. The van der Waals surface area contributed by atoms with E-state index in [4.69, 9.17) is 24.4 Å². The van der Waals surface area contributed by atoms with Gasteiger partial charge in [-0.15, -0.1) is 4.83 Å². The number of carbonyl (C=O) groups excluding carboxylic acids is 1. The summed E-state index contributed by atoms with van der Waals surface area (Å²) in [5.41, 5.74) is 2.54. The quantitative estimate of drug-likeness (QED) is 0.352. The van der Waals surface area contributed by atoms with Crippen molar-refractivity contribution in [3.63, 3.8) is 0 Å². The van der Waals surface area contributed by atoms with Crippen molar-refractivity contribution < 1.29 is 13.2 Å². The number of carbonyl (C=O) groups is 1. The van der Waals surface area contributed by atoms with Gasteiger partial charge >= 0.3 is 0 Å². The molecule has 0 radical (unpaired) electrons. The third-order valence-corrected chi connectivity index (χ3v) is 6.53. The first kappa shape index (κ1) is 21.0. The van der Waals surface area contributed by atoms with E-state index in [1.807, 2.05) is 0 Å². The van der Waals surface area contributed by atoms with Gasteiger partial charge in [0.25, 0.3) is 15.9 Å². The largest absolute Gasteiger partial charge is 0.382 e. The number of nitrogens with zero attached hydrogens (tertiary/aromatic N) is 3. The van der Waals surface area contributed by atoms with E-state index in [-0.39, 0.29) is 11.8 Å². The summed E-state index contributed by atoms with van der Waals surface area (Å²) in [5, 5.41) is 2.70. The maximum absolute atomic E-state index is 12.7. The Bertz CT molecular complexity index is 727. The van der Waals surface area contributed by atoms with Crippen LogP contribution in [0.4, 0.5) is 0 Å². The van der Waals surface area contributed by atoms with Crippen molar-refractivity contribution in [3.05, 3.63) is 11.1 Å². The van der Waals surface area contributed by atoms with Crippen LogP contribution in [0.1, 0.15) is 25.7 Å². The van der Waals surface area contributed by atoms with Gasteiger partial charge in [0, 0.05) is 46.2 Å². The molecule has 2 rings (SSSR count). The first-order valence-corrected chi connectivity index (χ1v) is 10.6. The molecule has 0 saturated heterocycles. The Balaban J connectivity index is 2.12. The lowest BCUT2D eigenvalue weighted by Crippen LogP contribution is -2.49. The van der Waals surface area contributed by atoms with Crippen LogP contribution in [-0.4, -0.2) is 67.4 Å². The molecule has 0 aliphatic heterocycles. The molecule has 0 spiro atoms. The smallest absolute Gasteiger partial charge is 0.284 e. The Hall–Kier alpha value is -1.30. The van der Waals surface area contributed by atoms with Crippen LogP contribution in [0.2, 0.25) is 0 Å². The van der Waals surface area contributed by atoms with E-state index >= 15 is 0 Å². The molecule has 11 heteroatoms. The van der Waals surface area contributed by atoms with Crippen molar-refractivity contribution in [2.24, 2.45) is 11.8 Å². The Labute approximate surface area is 165 Å². The molecule has 0 bridgehead atoms. The van der Waals surface area contributed by atoms with E-state index in [2.05, 4.69) is 10.3 Å². The molecule has 26 heavy (non-hydrogen) atoms.